The van der Waals surface area contributed by atoms with Gasteiger partial charge in [0.15, 0.2) is 0 Å². The molecule has 0 saturated carbocycles. The summed E-state index contributed by atoms with van der Waals surface area (Å²) in [6, 6.07) is 26.4. The third-order valence-electron chi connectivity index (χ3n) is 4.39. The van der Waals surface area contributed by atoms with Gasteiger partial charge in [-0.05, 0) is 43.1 Å². The molecule has 23 heavy (non-hydrogen) atoms. The highest BCUT2D eigenvalue weighted by Crippen LogP contribution is 2.39. The summed E-state index contributed by atoms with van der Waals surface area (Å²) in [7, 11) is 0. The van der Waals surface area contributed by atoms with Crippen LogP contribution in [0.25, 0.3) is 59.1 Å². The van der Waals surface area contributed by atoms with Gasteiger partial charge in [0.1, 0.15) is 0 Å². The third kappa shape index (κ3) is 1.88. The van der Waals surface area contributed by atoms with Crippen LogP contribution in [0.3, 0.4) is 0 Å². The molecule has 0 fully saturated rings. The maximum atomic E-state index is 6.75. The molecule has 0 heterocycles. The molecule has 5 aromatic rings. The van der Waals surface area contributed by atoms with Crippen LogP contribution in [0, 0.1) is 0 Å². The van der Waals surface area contributed by atoms with Crippen molar-refractivity contribution < 1.29 is 0 Å². The lowest BCUT2D eigenvalue weighted by molar-refractivity contribution is 1.78. The van der Waals surface area contributed by atoms with Gasteiger partial charge < -0.3 is 11.1 Å². The summed E-state index contributed by atoms with van der Waals surface area (Å²) in [5.41, 5.74) is 13.5. The van der Waals surface area contributed by atoms with Crippen molar-refractivity contribution in [2.45, 2.75) is 0 Å². The van der Waals surface area contributed by atoms with E-state index in [1.165, 1.54) is 48.0 Å². The first-order valence-corrected chi connectivity index (χ1v) is 7.38. The molecule has 0 aliphatic rings. The van der Waals surface area contributed by atoms with E-state index in [-0.39, 0.29) is 0 Å². The van der Waals surface area contributed by atoms with Gasteiger partial charge in [-0.15, -0.1) is 0 Å². The predicted octanol–water partition coefficient (Wildman–Crippen LogP) is 6.60. The minimum absolute atomic E-state index is 1.33. The molecule has 108 valence electrons. The second-order valence-electron chi connectivity index (χ2n) is 5.51. The first-order chi connectivity index (χ1) is 11.3. The van der Waals surface area contributed by atoms with Crippen molar-refractivity contribution in [1.82, 2.24) is 0 Å². The highest BCUT2D eigenvalue weighted by atomic mass is 15.0. The first kappa shape index (κ1) is 13.4. The predicted molar refractivity (Wildman–Crippen MR) is 97.7 cm³/mol. The second-order valence-corrected chi connectivity index (χ2v) is 5.51. The zero-order valence-electron chi connectivity index (χ0n) is 12.3. The van der Waals surface area contributed by atoms with Crippen LogP contribution in [0.5, 0.6) is 0 Å². The van der Waals surface area contributed by atoms with Crippen molar-refractivity contribution in [3.8, 4) is 0 Å². The van der Waals surface area contributed by atoms with E-state index in [4.69, 9.17) is 11.1 Å². The standard InChI is InChI=1S/C20H12.N3/c1-5-13-6-2-11-17-18-12-4-8-14-7-3-10-16(20(14)18)15(9-1)19(13)17;1-3-2/h1-12H;/q;-1. The maximum absolute atomic E-state index is 6.75. The Balaban J connectivity index is 0.000000421. The first-order valence-electron chi connectivity index (χ1n) is 7.38. The van der Waals surface area contributed by atoms with Crippen LogP contribution in [0.4, 0.5) is 0 Å². The van der Waals surface area contributed by atoms with E-state index in [9.17, 15) is 0 Å². The van der Waals surface area contributed by atoms with Crippen LogP contribution in [0.15, 0.2) is 72.8 Å². The van der Waals surface area contributed by atoms with Crippen molar-refractivity contribution in [1.29, 1.82) is 0 Å². The number of benzene rings is 5. The molecular formula is C20H12N3-. The third-order valence-corrected chi connectivity index (χ3v) is 4.39. The Kier molecular flexibility index (Phi) is 3.00. The SMILES string of the molecule is [N-]=[N+]=[N-].c1cc2cccc3c4cccc5cccc(c(c1)c23)c54. The Bertz CT molecular complexity index is 1020. The Hall–Kier alpha value is -3.29. The van der Waals surface area contributed by atoms with E-state index >= 15 is 0 Å². The Morgan fingerprint density at radius 1 is 0.478 bits per heavy atom. The van der Waals surface area contributed by atoms with E-state index in [0.717, 1.165) is 0 Å². The molecule has 0 radical (unpaired) electrons. The molecule has 0 aromatic heterocycles. The molecule has 0 saturated heterocycles. The van der Waals surface area contributed by atoms with E-state index < -0.39 is 0 Å². The molecule has 3 heteroatoms. The lowest BCUT2D eigenvalue weighted by Crippen LogP contribution is -1.85. The average molecular weight is 294 g/mol. The van der Waals surface area contributed by atoms with Gasteiger partial charge in [-0.25, -0.2) is 0 Å². The highest BCUT2D eigenvalue weighted by Gasteiger charge is 2.11. The van der Waals surface area contributed by atoms with Crippen LogP contribution < -0.4 is 0 Å². The van der Waals surface area contributed by atoms with Gasteiger partial charge in [0.2, 0.25) is 0 Å². The minimum Gasteiger partial charge on any atom is -0.373 e. The van der Waals surface area contributed by atoms with Gasteiger partial charge in [0, 0.05) is 0 Å². The Morgan fingerprint density at radius 3 is 1.00 bits per heavy atom. The van der Waals surface area contributed by atoms with Crippen LogP contribution >= 0.6 is 0 Å². The van der Waals surface area contributed by atoms with Crippen molar-refractivity contribution in [2.75, 3.05) is 0 Å². The number of hydrogen-bond acceptors (Lipinski definition) is 0. The topological polar surface area (TPSA) is 58.7 Å². The van der Waals surface area contributed by atoms with E-state index in [0.29, 0.717) is 0 Å². The Morgan fingerprint density at radius 2 is 0.739 bits per heavy atom. The molecule has 0 spiro atoms. The summed E-state index contributed by atoms with van der Waals surface area (Å²) in [4.78, 5) is 1.50. The monoisotopic (exact) mass is 294 g/mol. The lowest BCUT2D eigenvalue weighted by atomic mass is 9.90. The van der Waals surface area contributed by atoms with Gasteiger partial charge in [0.05, 0.1) is 0 Å². The fourth-order valence-corrected chi connectivity index (χ4v) is 3.58. The summed E-state index contributed by atoms with van der Waals surface area (Å²) >= 11 is 0. The molecular weight excluding hydrogens is 282 g/mol. The molecule has 0 aliphatic heterocycles. The fourth-order valence-electron chi connectivity index (χ4n) is 3.58. The van der Waals surface area contributed by atoms with Crippen molar-refractivity contribution in [2.24, 2.45) is 0 Å². The molecule has 0 N–H and O–H groups in total. The zero-order valence-corrected chi connectivity index (χ0v) is 12.3. The molecule has 0 amide bonds. The fraction of sp³-hybridized carbons (Fsp3) is 0. The minimum atomic E-state index is 1.33. The average Bonchev–Trinajstić information content (AvgIpc) is 2.60. The van der Waals surface area contributed by atoms with Crippen LogP contribution in [-0.2, 0) is 0 Å². The number of nitrogens with zero attached hydrogens (tertiary/aromatic N) is 3. The van der Waals surface area contributed by atoms with Gasteiger partial charge in [-0.2, -0.15) is 0 Å². The lowest BCUT2D eigenvalue weighted by Gasteiger charge is -2.13. The van der Waals surface area contributed by atoms with Gasteiger partial charge in [-0.1, -0.05) is 72.8 Å². The second kappa shape index (κ2) is 5.16. The van der Waals surface area contributed by atoms with E-state index in [1.54, 1.807) is 0 Å². The molecule has 0 aliphatic carbocycles. The number of fused-ring (bicyclic) bond motifs is 2. The van der Waals surface area contributed by atoms with Crippen LogP contribution in [0.1, 0.15) is 0 Å². The van der Waals surface area contributed by atoms with Crippen LogP contribution in [-0.4, -0.2) is 0 Å². The van der Waals surface area contributed by atoms with E-state index in [1.807, 2.05) is 0 Å². The largest absolute Gasteiger partial charge is 0.373 e. The zero-order chi connectivity index (χ0) is 15.8. The van der Waals surface area contributed by atoms with Crippen molar-refractivity contribution in [3.05, 3.63) is 88.8 Å². The summed E-state index contributed by atoms with van der Waals surface area (Å²) in [5.74, 6) is 0. The van der Waals surface area contributed by atoms with Gasteiger partial charge in [-0.3, -0.25) is 4.91 Å². The summed E-state index contributed by atoms with van der Waals surface area (Å²) in [6.45, 7) is 0. The molecule has 5 rings (SSSR count). The molecule has 5 aromatic carbocycles. The summed E-state index contributed by atoms with van der Waals surface area (Å²) in [5, 5.41) is 10.9. The van der Waals surface area contributed by atoms with Crippen molar-refractivity contribution >= 4 is 43.1 Å². The molecule has 3 nitrogen and oxygen atoms in total. The number of rotatable bonds is 0. The summed E-state index contributed by atoms with van der Waals surface area (Å²) in [6.07, 6.45) is 0. The quantitative estimate of drug-likeness (QED) is 0.101. The van der Waals surface area contributed by atoms with Gasteiger partial charge >= 0.3 is 0 Å². The summed E-state index contributed by atoms with van der Waals surface area (Å²) < 4.78 is 0. The van der Waals surface area contributed by atoms with Crippen molar-refractivity contribution in [3.63, 3.8) is 0 Å². The molecule has 0 atom stereocenters. The maximum Gasteiger partial charge on any atom is -0.00264 e. The Labute approximate surface area is 132 Å². The van der Waals surface area contributed by atoms with E-state index in [2.05, 4.69) is 72.8 Å². The van der Waals surface area contributed by atoms with Gasteiger partial charge in [0.25, 0.3) is 0 Å². The smallest absolute Gasteiger partial charge is 0.00264 e. The molecule has 0 unspecified atom stereocenters. The number of hydrogen-bond donors (Lipinski definition) is 0. The molecule has 0 bridgehead atoms. The highest BCUT2D eigenvalue weighted by molar-refractivity contribution is 6.32. The van der Waals surface area contributed by atoms with Crippen LogP contribution in [0.2, 0.25) is 0 Å². The normalized spacial score (nSPS) is 10.8.